The number of nitrogens with one attached hydrogen (secondary N) is 2. The summed E-state index contributed by atoms with van der Waals surface area (Å²) in [6, 6.07) is 7.51. The molecule has 0 spiro atoms. The number of esters is 1. The predicted molar refractivity (Wildman–Crippen MR) is 247 cm³/mol. The van der Waals surface area contributed by atoms with Gasteiger partial charge < -0.3 is 33.9 Å². The van der Waals surface area contributed by atoms with Crippen LogP contribution in [0.5, 0.6) is 0 Å². The van der Waals surface area contributed by atoms with Crippen LogP contribution in [0.4, 0.5) is 4.79 Å². The van der Waals surface area contributed by atoms with Gasteiger partial charge >= 0.3 is 12.0 Å². The van der Waals surface area contributed by atoms with Crippen molar-refractivity contribution in [2.45, 2.75) is 117 Å². The Morgan fingerprint density at radius 1 is 1.14 bits per heavy atom. The summed E-state index contributed by atoms with van der Waals surface area (Å²) >= 11 is 1.42. The third-order valence-corrected chi connectivity index (χ3v) is 14.3. The molecule has 3 aliphatic rings. The number of aromatic nitrogens is 3. The van der Waals surface area contributed by atoms with Gasteiger partial charge in [-0.2, -0.15) is 0 Å². The molecule has 346 valence electrons. The summed E-state index contributed by atoms with van der Waals surface area (Å²) in [6.07, 6.45) is 3.27. The Kier molecular flexibility index (Phi) is 13.9. The number of cyclic esters (lactones) is 1. The molecule has 3 aromatic heterocycles. The zero-order valence-electron chi connectivity index (χ0n) is 39.3. The fourth-order valence-electron chi connectivity index (χ4n) is 9.33. The molecule has 0 saturated carbocycles. The lowest BCUT2D eigenvalue weighted by atomic mass is 9.84. The molecule has 3 aliphatic heterocycles. The number of pyridine rings is 1. The lowest BCUT2D eigenvalue weighted by molar-refractivity contribution is -0.155. The average Bonchev–Trinajstić information content (AvgIpc) is 3.85. The first-order chi connectivity index (χ1) is 30.4. The van der Waals surface area contributed by atoms with Gasteiger partial charge in [0.1, 0.15) is 18.1 Å². The molecular formula is C48H66N8O7S. The van der Waals surface area contributed by atoms with Crippen LogP contribution in [-0.2, 0) is 48.0 Å². The molecule has 4 aromatic rings. The first kappa shape index (κ1) is 47.1. The van der Waals surface area contributed by atoms with Crippen molar-refractivity contribution >= 4 is 46.1 Å². The van der Waals surface area contributed by atoms with Crippen LogP contribution in [-0.4, -0.2) is 124 Å². The Morgan fingerprint density at radius 3 is 2.58 bits per heavy atom. The lowest BCUT2D eigenvalue weighted by Crippen LogP contribution is -2.64. The number of hydrogen-bond donors (Lipinski definition) is 2. The highest BCUT2D eigenvalue weighted by Crippen LogP contribution is 2.42. The van der Waals surface area contributed by atoms with Crippen molar-refractivity contribution in [3.8, 4) is 22.5 Å². The van der Waals surface area contributed by atoms with Crippen molar-refractivity contribution in [3.63, 3.8) is 0 Å². The van der Waals surface area contributed by atoms with Gasteiger partial charge in [-0.3, -0.25) is 24.4 Å². The number of fused-ring (bicyclic) bond motifs is 6. The second-order valence-corrected chi connectivity index (χ2v) is 20.2. The summed E-state index contributed by atoms with van der Waals surface area (Å²) < 4.78 is 19.9. The second kappa shape index (κ2) is 18.9. The molecule has 1 unspecified atom stereocenters. The number of amides is 4. The molecule has 1 aromatic carbocycles. The molecule has 2 saturated heterocycles. The lowest BCUT2D eigenvalue weighted by Gasteiger charge is -2.48. The second-order valence-electron chi connectivity index (χ2n) is 19.3. The fourth-order valence-corrected chi connectivity index (χ4v) is 10.2. The molecule has 16 heteroatoms. The van der Waals surface area contributed by atoms with Gasteiger partial charge in [-0.05, 0) is 82.7 Å². The molecule has 2 N–H and O–H groups in total. The Labute approximate surface area is 381 Å². The van der Waals surface area contributed by atoms with Gasteiger partial charge in [0, 0.05) is 98.8 Å². The Bertz CT molecular complexity index is 2370. The van der Waals surface area contributed by atoms with Crippen molar-refractivity contribution < 1.29 is 33.4 Å². The quantitative estimate of drug-likeness (QED) is 0.165. The molecule has 6 heterocycles. The molecule has 64 heavy (non-hydrogen) atoms. The number of urea groups is 1. The van der Waals surface area contributed by atoms with Gasteiger partial charge in [-0.15, -0.1) is 11.3 Å². The van der Waals surface area contributed by atoms with E-state index in [-0.39, 0.29) is 42.6 Å². The Morgan fingerprint density at radius 2 is 1.89 bits per heavy atom. The van der Waals surface area contributed by atoms with Crippen LogP contribution in [0, 0.1) is 17.3 Å². The Hall–Kier alpha value is -4.90. The minimum absolute atomic E-state index is 0.102. The third kappa shape index (κ3) is 9.42. The summed E-state index contributed by atoms with van der Waals surface area (Å²) in [5.41, 5.74) is 8.98. The number of carbonyl (C=O) groups excluding carboxylic acids is 4. The van der Waals surface area contributed by atoms with Gasteiger partial charge in [0.25, 0.3) is 5.91 Å². The molecule has 4 atom stereocenters. The van der Waals surface area contributed by atoms with E-state index in [1.807, 2.05) is 46.1 Å². The van der Waals surface area contributed by atoms with Crippen LogP contribution in [0.1, 0.15) is 90.6 Å². The topological polar surface area (TPSA) is 160 Å². The van der Waals surface area contributed by atoms with Crippen LogP contribution < -0.4 is 10.7 Å². The van der Waals surface area contributed by atoms with Gasteiger partial charge in [0.05, 0.1) is 40.4 Å². The van der Waals surface area contributed by atoms with Crippen molar-refractivity contribution in [2.24, 2.45) is 17.3 Å². The van der Waals surface area contributed by atoms with Crippen molar-refractivity contribution in [3.05, 3.63) is 58.2 Å². The average molecular weight is 899 g/mol. The number of benzene rings is 1. The number of hydrogen-bond acceptors (Lipinski definition) is 11. The van der Waals surface area contributed by atoms with E-state index in [1.54, 1.807) is 32.4 Å². The number of ether oxygens (including phenoxy) is 3. The van der Waals surface area contributed by atoms with Crippen LogP contribution in [0.15, 0.2) is 41.9 Å². The molecule has 15 nitrogen and oxygen atoms in total. The zero-order chi connectivity index (χ0) is 46.2. The first-order valence-corrected chi connectivity index (χ1v) is 23.4. The minimum atomic E-state index is -1.05. The SMILES string of the molecule is CCn1c(-c2cccnc2[C@H](C)OC)c2c3cc(ccc31)-c1csc(n1)C[C@H](NC(=O)C(C(C)C)N(C)C(=O)N1CC(C(C)(C)OC)C1)C(=O)N1CCC[C@H](N1)C(=O)OCC(C)(C)C2. The molecule has 6 bridgehead atoms. The summed E-state index contributed by atoms with van der Waals surface area (Å²) in [7, 11) is 5.00. The fraction of sp³-hybridized carbons (Fsp3) is 0.583. The summed E-state index contributed by atoms with van der Waals surface area (Å²) in [4.78, 5) is 69.8. The van der Waals surface area contributed by atoms with Gasteiger partial charge in [-0.25, -0.2) is 15.2 Å². The predicted octanol–water partition coefficient (Wildman–Crippen LogP) is 6.64. The van der Waals surface area contributed by atoms with E-state index >= 15 is 0 Å². The maximum absolute atomic E-state index is 14.6. The number of hydrazine groups is 1. The first-order valence-electron chi connectivity index (χ1n) is 22.6. The number of aryl methyl sites for hydroxylation is 1. The molecule has 4 amide bonds. The number of nitrogens with zero attached hydrogens (tertiary/aromatic N) is 6. The number of methoxy groups -OCH3 is 2. The maximum atomic E-state index is 14.6. The van der Waals surface area contributed by atoms with Crippen LogP contribution in [0.3, 0.4) is 0 Å². The van der Waals surface area contributed by atoms with E-state index in [9.17, 15) is 19.2 Å². The molecule has 2 fully saturated rings. The van der Waals surface area contributed by atoms with E-state index < -0.39 is 41.3 Å². The number of rotatable bonds is 10. The molecule has 0 radical (unpaired) electrons. The minimum Gasteiger partial charge on any atom is -0.464 e. The van der Waals surface area contributed by atoms with Crippen LogP contribution in [0.25, 0.3) is 33.4 Å². The van der Waals surface area contributed by atoms with E-state index in [0.717, 1.165) is 44.7 Å². The van der Waals surface area contributed by atoms with Gasteiger partial charge in [-0.1, -0.05) is 33.8 Å². The molecule has 0 aliphatic carbocycles. The molecular weight excluding hydrogens is 833 g/mol. The zero-order valence-corrected chi connectivity index (χ0v) is 40.1. The highest BCUT2D eigenvalue weighted by molar-refractivity contribution is 7.10. The van der Waals surface area contributed by atoms with Crippen LogP contribution >= 0.6 is 11.3 Å². The van der Waals surface area contributed by atoms with Crippen molar-refractivity contribution in [1.29, 1.82) is 0 Å². The highest BCUT2D eigenvalue weighted by atomic mass is 32.1. The standard InChI is InChI=1S/C48H66N8O7S/c1-12-55-38-18-17-30-21-33(38)34(42(55)32-15-13-19-49-40(32)29(4)61-10)23-47(5,6)27-63-45(59)35-16-14-20-56(52-35)44(58)36(22-39-50-37(30)26-64-39)51-43(57)41(28(2)3)53(9)46(60)54-24-31(25-54)48(7,8)62-11/h13,15,17-19,21,26,28-29,31,35-36,41,52H,12,14,16,20,22-25,27H2,1-11H3,(H,51,57)/t29-,35-,36-,41?/m0/s1. The number of carbonyl (C=O) groups is 4. The third-order valence-electron chi connectivity index (χ3n) is 13.4. The highest BCUT2D eigenvalue weighted by Gasteiger charge is 2.44. The summed E-state index contributed by atoms with van der Waals surface area (Å²) in [5.74, 6) is -1.39. The van der Waals surface area contributed by atoms with E-state index in [4.69, 9.17) is 24.2 Å². The van der Waals surface area contributed by atoms with E-state index in [2.05, 4.69) is 60.3 Å². The normalized spacial score (nSPS) is 20.7. The van der Waals surface area contributed by atoms with Crippen molar-refractivity contribution in [1.82, 2.24) is 40.1 Å². The van der Waals surface area contributed by atoms with Gasteiger partial charge in [0.15, 0.2) is 0 Å². The number of likely N-dealkylation sites (tertiary alicyclic amines) is 1. The van der Waals surface area contributed by atoms with E-state index in [0.29, 0.717) is 50.4 Å². The number of thiazole rings is 1. The monoisotopic (exact) mass is 898 g/mol. The maximum Gasteiger partial charge on any atom is 0.324 e. The largest absolute Gasteiger partial charge is 0.464 e. The smallest absolute Gasteiger partial charge is 0.324 e. The van der Waals surface area contributed by atoms with Crippen LogP contribution in [0.2, 0.25) is 0 Å². The van der Waals surface area contributed by atoms with Gasteiger partial charge in [0.2, 0.25) is 5.91 Å². The van der Waals surface area contributed by atoms with Crippen molar-refractivity contribution in [2.75, 3.05) is 47.5 Å². The summed E-state index contributed by atoms with van der Waals surface area (Å²) in [6.45, 7) is 18.4. The van der Waals surface area contributed by atoms with E-state index in [1.165, 1.54) is 21.2 Å². The molecule has 7 rings (SSSR count). The Balaban J connectivity index is 1.26. The number of likely N-dealkylation sites (N-methyl/N-ethyl adjacent to an activating group) is 1. The summed E-state index contributed by atoms with van der Waals surface area (Å²) in [5, 5.41) is 8.19.